The maximum atomic E-state index is 12.4. The average molecular weight is 513 g/mol. The standard InChI is InChI=1S/C22H28N6O4.2ClH/c1-15(2)23-19(29)13-27-9-5-7-17(11-27)21(31)25-26-22(32)18-8-6-10-28(12-18)14-20(30)24-16(3)4;;/h5-12,15-16H,13-14H2,1-4H3,(H2-2,23,24,25,26,29,30,31,32);2*1H. The van der Waals surface area contributed by atoms with E-state index >= 15 is 0 Å². The molecule has 0 bridgehead atoms. The van der Waals surface area contributed by atoms with E-state index in [1.807, 2.05) is 27.7 Å². The van der Waals surface area contributed by atoms with Crippen LogP contribution in [-0.2, 0) is 22.7 Å². The summed E-state index contributed by atoms with van der Waals surface area (Å²) in [6.07, 6.45) is 6.39. The molecule has 0 saturated carbocycles. The minimum absolute atomic E-state index is 0. The van der Waals surface area contributed by atoms with Gasteiger partial charge in [-0.1, -0.05) is 0 Å². The van der Waals surface area contributed by atoms with Gasteiger partial charge in [-0.15, -0.1) is 0 Å². The topological polar surface area (TPSA) is 124 Å². The molecule has 34 heavy (non-hydrogen) atoms. The van der Waals surface area contributed by atoms with Gasteiger partial charge in [0.05, 0.1) is 0 Å². The van der Waals surface area contributed by atoms with Gasteiger partial charge in [-0.25, -0.2) is 0 Å². The fourth-order valence-electron chi connectivity index (χ4n) is 2.83. The molecule has 10 nitrogen and oxygen atoms in total. The Morgan fingerprint density at radius 2 is 1.06 bits per heavy atom. The van der Waals surface area contributed by atoms with Crippen LogP contribution in [-0.4, -0.2) is 35.7 Å². The maximum Gasteiger partial charge on any atom is 0.286 e. The van der Waals surface area contributed by atoms with Crippen molar-refractivity contribution in [2.75, 3.05) is 0 Å². The van der Waals surface area contributed by atoms with Gasteiger partial charge in [-0.05, 0) is 39.8 Å². The molecule has 4 N–H and O–H groups in total. The number of aromatic nitrogens is 2. The highest BCUT2D eigenvalue weighted by Crippen LogP contribution is 1.96. The van der Waals surface area contributed by atoms with E-state index in [1.54, 1.807) is 45.8 Å². The third-order valence-electron chi connectivity index (χ3n) is 4.08. The van der Waals surface area contributed by atoms with E-state index in [-0.39, 0.29) is 72.9 Å². The zero-order valence-corrected chi connectivity index (χ0v) is 21.0. The summed E-state index contributed by atoms with van der Waals surface area (Å²) in [4.78, 5) is 48.6. The summed E-state index contributed by atoms with van der Waals surface area (Å²) in [5, 5.41) is 5.56. The Labute approximate surface area is 211 Å². The van der Waals surface area contributed by atoms with Crippen molar-refractivity contribution in [1.29, 1.82) is 0 Å². The quantitative estimate of drug-likeness (QED) is 0.207. The third kappa shape index (κ3) is 10.6. The van der Waals surface area contributed by atoms with Crippen LogP contribution in [0.1, 0.15) is 48.4 Å². The zero-order chi connectivity index (χ0) is 23.7. The first-order valence-corrected chi connectivity index (χ1v) is 10.3. The van der Waals surface area contributed by atoms with Gasteiger partial charge >= 0.3 is 0 Å². The molecule has 186 valence electrons. The molecule has 2 heterocycles. The van der Waals surface area contributed by atoms with Gasteiger partial charge in [-0.2, -0.15) is 9.13 Å². The van der Waals surface area contributed by atoms with E-state index in [4.69, 9.17) is 0 Å². The summed E-state index contributed by atoms with van der Waals surface area (Å²) < 4.78 is 3.16. The summed E-state index contributed by atoms with van der Waals surface area (Å²) in [6, 6.07) is 6.46. The largest absolute Gasteiger partial charge is 1.00 e. The molecule has 12 heteroatoms. The molecule has 0 unspecified atom stereocenters. The number of pyridine rings is 2. The Hall–Kier alpha value is -3.24. The number of hydrazine groups is 1. The first-order chi connectivity index (χ1) is 15.1. The SMILES string of the molecule is CC(C)NC(=O)C[n+]1cccc(C(=O)NNC(=O)c2ccc[n+](CC(=O)NC(C)C)c2)c1.[Cl-].[Cl-]. The molecule has 2 aromatic heterocycles. The number of hydrogen-bond donors (Lipinski definition) is 4. The Bertz CT molecular complexity index is 921. The smallest absolute Gasteiger partial charge is 0.286 e. The van der Waals surface area contributed by atoms with Crippen molar-refractivity contribution in [3.63, 3.8) is 0 Å². The van der Waals surface area contributed by atoms with Crippen molar-refractivity contribution >= 4 is 23.6 Å². The number of rotatable bonds is 8. The average Bonchev–Trinajstić information content (AvgIpc) is 2.70. The van der Waals surface area contributed by atoms with Crippen LogP contribution in [0.2, 0.25) is 0 Å². The molecule has 0 saturated heterocycles. The van der Waals surface area contributed by atoms with Crippen molar-refractivity contribution in [3.05, 3.63) is 60.2 Å². The molecule has 0 radical (unpaired) electrons. The summed E-state index contributed by atoms with van der Waals surface area (Å²) in [5.74, 6) is -1.40. The van der Waals surface area contributed by atoms with Crippen molar-refractivity contribution in [1.82, 2.24) is 21.5 Å². The fourth-order valence-corrected chi connectivity index (χ4v) is 2.83. The van der Waals surface area contributed by atoms with Crippen LogP contribution in [0, 0.1) is 0 Å². The van der Waals surface area contributed by atoms with E-state index in [0.29, 0.717) is 0 Å². The number of hydrogen-bond acceptors (Lipinski definition) is 4. The molecule has 2 aromatic rings. The van der Waals surface area contributed by atoms with Crippen molar-refractivity contribution in [3.8, 4) is 0 Å². The predicted octanol–water partition coefficient (Wildman–Crippen LogP) is -6.61. The summed E-state index contributed by atoms with van der Waals surface area (Å²) in [6.45, 7) is 7.60. The summed E-state index contributed by atoms with van der Waals surface area (Å²) in [5.41, 5.74) is 5.26. The summed E-state index contributed by atoms with van der Waals surface area (Å²) >= 11 is 0. The minimum Gasteiger partial charge on any atom is -1.00 e. The third-order valence-corrected chi connectivity index (χ3v) is 4.08. The monoisotopic (exact) mass is 512 g/mol. The number of nitrogens with one attached hydrogen (secondary N) is 4. The number of nitrogens with zero attached hydrogens (tertiary/aromatic N) is 2. The lowest BCUT2D eigenvalue weighted by molar-refractivity contribution is -0.684. The Morgan fingerprint density at radius 3 is 1.38 bits per heavy atom. The molecule has 0 aromatic carbocycles. The van der Waals surface area contributed by atoms with Gasteiger partial charge < -0.3 is 35.4 Å². The van der Waals surface area contributed by atoms with E-state index in [9.17, 15) is 19.2 Å². The maximum absolute atomic E-state index is 12.4. The van der Waals surface area contributed by atoms with Crippen LogP contribution in [0.25, 0.3) is 0 Å². The van der Waals surface area contributed by atoms with Crippen LogP contribution in [0.5, 0.6) is 0 Å². The number of halogens is 2. The van der Waals surface area contributed by atoms with E-state index in [1.165, 1.54) is 12.4 Å². The highest BCUT2D eigenvalue weighted by Gasteiger charge is 2.17. The van der Waals surface area contributed by atoms with Crippen molar-refractivity contribution in [2.24, 2.45) is 0 Å². The number of carbonyl (C=O) groups is 4. The lowest BCUT2D eigenvalue weighted by Gasteiger charge is -2.08. The molecule has 0 spiro atoms. The first-order valence-electron chi connectivity index (χ1n) is 10.3. The van der Waals surface area contributed by atoms with Gasteiger partial charge in [0.1, 0.15) is 11.1 Å². The Kier molecular flexibility index (Phi) is 13.4. The first kappa shape index (κ1) is 30.8. The number of carbonyl (C=O) groups excluding carboxylic acids is 4. The van der Waals surface area contributed by atoms with Gasteiger partial charge in [0, 0.05) is 24.2 Å². The highest BCUT2D eigenvalue weighted by atomic mass is 35.5. The molecular weight excluding hydrogens is 483 g/mol. The Morgan fingerprint density at radius 1 is 0.706 bits per heavy atom. The fraction of sp³-hybridized carbons (Fsp3) is 0.364. The van der Waals surface area contributed by atoms with Crippen LogP contribution in [0.15, 0.2) is 49.1 Å². The van der Waals surface area contributed by atoms with Gasteiger partial charge in [0.25, 0.3) is 23.6 Å². The minimum atomic E-state index is -0.530. The van der Waals surface area contributed by atoms with Crippen LogP contribution in [0.3, 0.4) is 0 Å². The van der Waals surface area contributed by atoms with Crippen LogP contribution >= 0.6 is 0 Å². The lowest BCUT2D eigenvalue weighted by Crippen LogP contribution is -3.00. The molecule has 0 aliphatic rings. The molecule has 2 rings (SSSR count). The molecule has 0 aliphatic heterocycles. The van der Waals surface area contributed by atoms with Crippen LogP contribution in [0.4, 0.5) is 0 Å². The molecule has 4 amide bonds. The van der Waals surface area contributed by atoms with Crippen LogP contribution < -0.4 is 55.4 Å². The normalized spacial score (nSPS) is 9.94. The van der Waals surface area contributed by atoms with E-state index < -0.39 is 11.8 Å². The van der Waals surface area contributed by atoms with Gasteiger partial charge in [0.2, 0.25) is 13.1 Å². The number of amides is 4. The van der Waals surface area contributed by atoms with E-state index in [2.05, 4.69) is 21.5 Å². The Balaban J connectivity index is 0.00000544. The predicted molar refractivity (Wildman–Crippen MR) is 115 cm³/mol. The molecule has 0 atom stereocenters. The second-order valence-corrected chi connectivity index (χ2v) is 7.88. The van der Waals surface area contributed by atoms with E-state index in [0.717, 1.165) is 0 Å². The van der Waals surface area contributed by atoms with Crippen molar-refractivity contribution in [2.45, 2.75) is 52.9 Å². The highest BCUT2D eigenvalue weighted by molar-refractivity contribution is 5.98. The lowest BCUT2D eigenvalue weighted by atomic mass is 10.2. The second kappa shape index (κ2) is 14.8. The van der Waals surface area contributed by atoms with Crippen molar-refractivity contribution < 1.29 is 53.1 Å². The summed E-state index contributed by atoms with van der Waals surface area (Å²) in [7, 11) is 0. The zero-order valence-electron chi connectivity index (χ0n) is 19.5. The molecular formula is C22H30Cl2N6O4. The van der Waals surface area contributed by atoms with Gasteiger partial charge in [0.15, 0.2) is 24.8 Å². The second-order valence-electron chi connectivity index (χ2n) is 7.88. The molecule has 0 fully saturated rings. The van der Waals surface area contributed by atoms with Gasteiger partial charge in [-0.3, -0.25) is 30.0 Å². The molecule has 0 aliphatic carbocycles.